The summed E-state index contributed by atoms with van der Waals surface area (Å²) in [7, 11) is 1.58. The van der Waals surface area contributed by atoms with Gasteiger partial charge in [0, 0.05) is 19.0 Å². The van der Waals surface area contributed by atoms with Crippen LogP contribution in [0.1, 0.15) is 50.1 Å². The zero-order valence-corrected chi connectivity index (χ0v) is 12.4. The molecule has 1 fully saturated rings. The van der Waals surface area contributed by atoms with Crippen molar-refractivity contribution in [3.63, 3.8) is 0 Å². The van der Waals surface area contributed by atoms with Crippen LogP contribution in [0.15, 0.2) is 10.6 Å². The molecule has 1 aromatic rings. The fourth-order valence-electron chi connectivity index (χ4n) is 2.29. The molecule has 1 N–H and O–H groups in total. The quantitative estimate of drug-likeness (QED) is 0.886. The number of hydrogen-bond donors (Lipinski definition) is 1. The number of nitrogens with one attached hydrogen (secondary N) is 1. The lowest BCUT2D eigenvalue weighted by molar-refractivity contribution is -0.124. The smallest absolute Gasteiger partial charge is 0.310 e. The van der Waals surface area contributed by atoms with Crippen molar-refractivity contribution in [2.24, 2.45) is 0 Å². The highest BCUT2D eigenvalue weighted by Gasteiger charge is 2.36. The van der Waals surface area contributed by atoms with Gasteiger partial charge in [-0.05, 0) is 12.8 Å². The minimum absolute atomic E-state index is 0.0609. The molecule has 1 aliphatic heterocycles. The molecule has 0 saturated carbocycles. The normalized spacial score (nSPS) is 19.2. The third kappa shape index (κ3) is 2.69. The number of likely N-dealkylation sites (N-methyl/N-ethyl adjacent to an activating group) is 1. The summed E-state index contributed by atoms with van der Waals surface area (Å²) in [5.41, 5.74) is -0.198. The van der Waals surface area contributed by atoms with E-state index in [9.17, 15) is 9.59 Å². The van der Waals surface area contributed by atoms with Crippen LogP contribution in [0.3, 0.4) is 0 Å². The van der Waals surface area contributed by atoms with Gasteiger partial charge in [0.1, 0.15) is 11.8 Å². The lowest BCUT2D eigenvalue weighted by Crippen LogP contribution is -2.45. The summed E-state index contributed by atoms with van der Waals surface area (Å²) in [6.45, 7) is 6.53. The van der Waals surface area contributed by atoms with E-state index >= 15 is 0 Å². The summed E-state index contributed by atoms with van der Waals surface area (Å²) < 4.78 is 5.55. The first-order valence-electron chi connectivity index (χ1n) is 6.83. The molecule has 1 saturated heterocycles. The van der Waals surface area contributed by atoms with Crippen molar-refractivity contribution in [1.82, 2.24) is 15.2 Å². The number of nitrogens with zero attached hydrogens (tertiary/aromatic N) is 2. The average Bonchev–Trinajstić information content (AvgIpc) is 3.04. The molecule has 1 aliphatic rings. The number of carbonyl (C=O) groups is 2. The number of aromatic nitrogens is 1. The van der Waals surface area contributed by atoms with Gasteiger partial charge in [-0.15, -0.1) is 0 Å². The minimum Gasteiger partial charge on any atom is -0.437 e. The van der Waals surface area contributed by atoms with Gasteiger partial charge < -0.3 is 14.6 Å². The maximum Gasteiger partial charge on any atom is 0.310 e. The van der Waals surface area contributed by atoms with Crippen LogP contribution in [0, 0.1) is 0 Å². The fourth-order valence-corrected chi connectivity index (χ4v) is 2.29. The van der Waals surface area contributed by atoms with Crippen LogP contribution >= 0.6 is 0 Å². The SMILES string of the molecule is CNC(=O)[C@H]1CCCN1C(=O)c1ncc(C(C)(C)C)o1. The molecule has 110 valence electrons. The van der Waals surface area contributed by atoms with Gasteiger partial charge in [-0.2, -0.15) is 0 Å². The van der Waals surface area contributed by atoms with Crippen LogP contribution in [-0.2, 0) is 10.2 Å². The van der Waals surface area contributed by atoms with Gasteiger partial charge in [-0.3, -0.25) is 9.59 Å². The Bertz CT molecular complexity index is 516. The summed E-state index contributed by atoms with van der Waals surface area (Å²) >= 11 is 0. The molecule has 0 spiro atoms. The highest BCUT2D eigenvalue weighted by atomic mass is 16.4. The Hall–Kier alpha value is -1.85. The van der Waals surface area contributed by atoms with Crippen molar-refractivity contribution in [1.29, 1.82) is 0 Å². The van der Waals surface area contributed by atoms with Gasteiger partial charge in [-0.25, -0.2) is 4.98 Å². The number of rotatable bonds is 2. The Morgan fingerprint density at radius 3 is 2.70 bits per heavy atom. The van der Waals surface area contributed by atoms with Crippen LogP contribution in [0.25, 0.3) is 0 Å². The summed E-state index contributed by atoms with van der Waals surface area (Å²) in [4.78, 5) is 29.8. The molecular weight excluding hydrogens is 258 g/mol. The first kappa shape index (κ1) is 14.6. The van der Waals surface area contributed by atoms with Crippen molar-refractivity contribution in [2.75, 3.05) is 13.6 Å². The third-order valence-corrected chi connectivity index (χ3v) is 3.49. The molecule has 2 rings (SSSR count). The zero-order chi connectivity index (χ0) is 14.9. The van der Waals surface area contributed by atoms with Crippen molar-refractivity contribution in [3.8, 4) is 0 Å². The molecule has 0 bridgehead atoms. The van der Waals surface area contributed by atoms with E-state index in [1.165, 1.54) is 4.90 Å². The standard InChI is InChI=1S/C14H21N3O3/c1-14(2,3)10-8-16-12(20-10)13(19)17-7-5-6-9(17)11(18)15-4/h8-9H,5-7H2,1-4H3,(H,15,18)/t9-/m1/s1. The highest BCUT2D eigenvalue weighted by molar-refractivity contribution is 5.94. The molecule has 0 unspecified atom stereocenters. The second-order valence-electron chi connectivity index (χ2n) is 6.05. The Kier molecular flexibility index (Phi) is 3.83. The molecule has 6 nitrogen and oxygen atoms in total. The van der Waals surface area contributed by atoms with Crippen molar-refractivity contribution >= 4 is 11.8 Å². The van der Waals surface area contributed by atoms with Crippen molar-refractivity contribution < 1.29 is 14.0 Å². The van der Waals surface area contributed by atoms with E-state index in [0.29, 0.717) is 18.7 Å². The summed E-state index contributed by atoms with van der Waals surface area (Å²) in [6, 6.07) is -0.419. The van der Waals surface area contributed by atoms with Crippen molar-refractivity contribution in [3.05, 3.63) is 17.8 Å². The van der Waals surface area contributed by atoms with Gasteiger partial charge >= 0.3 is 5.91 Å². The highest BCUT2D eigenvalue weighted by Crippen LogP contribution is 2.25. The predicted molar refractivity (Wildman–Crippen MR) is 73.3 cm³/mol. The summed E-state index contributed by atoms with van der Waals surface area (Å²) in [5.74, 6) is 0.271. The zero-order valence-electron chi connectivity index (χ0n) is 12.4. The van der Waals surface area contributed by atoms with Gasteiger partial charge in [0.15, 0.2) is 0 Å². The Labute approximate surface area is 118 Å². The molecular formula is C14H21N3O3. The molecule has 2 amide bonds. The lowest BCUT2D eigenvalue weighted by atomic mass is 9.94. The van der Waals surface area contributed by atoms with E-state index in [-0.39, 0.29) is 23.1 Å². The molecule has 0 aliphatic carbocycles. The first-order chi connectivity index (χ1) is 9.34. The molecule has 20 heavy (non-hydrogen) atoms. The second-order valence-corrected chi connectivity index (χ2v) is 6.05. The van der Waals surface area contributed by atoms with Gasteiger partial charge in [0.2, 0.25) is 5.91 Å². The van der Waals surface area contributed by atoms with E-state index in [4.69, 9.17) is 4.42 Å². The van der Waals surface area contributed by atoms with Crippen LogP contribution in [0.5, 0.6) is 0 Å². The van der Waals surface area contributed by atoms with Crippen LogP contribution in [0.2, 0.25) is 0 Å². The van der Waals surface area contributed by atoms with Crippen LogP contribution < -0.4 is 5.32 Å². The van der Waals surface area contributed by atoms with E-state index < -0.39 is 6.04 Å². The fraction of sp³-hybridized carbons (Fsp3) is 0.643. The Balaban J connectivity index is 2.19. The maximum absolute atomic E-state index is 12.4. The van der Waals surface area contributed by atoms with Crippen LogP contribution in [-0.4, -0.2) is 41.3 Å². The molecule has 6 heteroatoms. The predicted octanol–water partition coefficient (Wildman–Crippen LogP) is 1.32. The van der Waals surface area contributed by atoms with E-state index in [1.54, 1.807) is 13.2 Å². The van der Waals surface area contributed by atoms with E-state index in [0.717, 1.165) is 6.42 Å². The van der Waals surface area contributed by atoms with Gasteiger partial charge in [-0.1, -0.05) is 20.8 Å². The second kappa shape index (κ2) is 5.26. The molecule has 2 heterocycles. The lowest BCUT2D eigenvalue weighted by Gasteiger charge is -2.21. The largest absolute Gasteiger partial charge is 0.437 e. The number of oxazole rings is 1. The van der Waals surface area contributed by atoms with Gasteiger partial charge in [0.25, 0.3) is 5.89 Å². The number of likely N-dealkylation sites (tertiary alicyclic amines) is 1. The topological polar surface area (TPSA) is 75.4 Å². The molecule has 0 radical (unpaired) electrons. The van der Waals surface area contributed by atoms with E-state index in [1.807, 2.05) is 20.8 Å². The maximum atomic E-state index is 12.4. The first-order valence-corrected chi connectivity index (χ1v) is 6.83. The molecule has 0 aromatic carbocycles. The Morgan fingerprint density at radius 1 is 1.45 bits per heavy atom. The monoisotopic (exact) mass is 279 g/mol. The number of amides is 2. The summed E-state index contributed by atoms with van der Waals surface area (Å²) in [5, 5.41) is 2.59. The summed E-state index contributed by atoms with van der Waals surface area (Å²) in [6.07, 6.45) is 3.08. The van der Waals surface area contributed by atoms with Gasteiger partial charge in [0.05, 0.1) is 6.20 Å². The molecule has 1 aromatic heterocycles. The number of carbonyl (C=O) groups excluding carboxylic acids is 2. The number of hydrogen-bond acceptors (Lipinski definition) is 4. The average molecular weight is 279 g/mol. The molecule has 1 atom stereocenters. The minimum atomic E-state index is -0.419. The Morgan fingerprint density at radius 2 is 2.15 bits per heavy atom. The third-order valence-electron chi connectivity index (χ3n) is 3.49. The van der Waals surface area contributed by atoms with Crippen LogP contribution in [0.4, 0.5) is 0 Å². The van der Waals surface area contributed by atoms with E-state index in [2.05, 4.69) is 10.3 Å². The van der Waals surface area contributed by atoms with Crippen molar-refractivity contribution in [2.45, 2.75) is 45.1 Å².